The first-order chi connectivity index (χ1) is 13.7. The van der Waals surface area contributed by atoms with Gasteiger partial charge in [0, 0.05) is 5.75 Å². The van der Waals surface area contributed by atoms with Crippen molar-refractivity contribution in [2.45, 2.75) is 43.9 Å². The number of carbonyl (C=O) groups is 3. The molecule has 3 heterocycles. The summed E-state index contributed by atoms with van der Waals surface area (Å²) in [6, 6.07) is 7.01. The summed E-state index contributed by atoms with van der Waals surface area (Å²) in [7, 11) is 0. The molecule has 2 amide bonds. The molecule has 9 nitrogen and oxygen atoms in total. The van der Waals surface area contributed by atoms with E-state index in [1.165, 1.54) is 26.6 Å². The molecule has 3 aliphatic rings. The topological polar surface area (TPSA) is 111 Å². The lowest BCUT2D eigenvalue weighted by Crippen LogP contribution is -2.73. The van der Waals surface area contributed by atoms with Crippen LogP contribution in [0, 0.1) is 4.91 Å². The van der Waals surface area contributed by atoms with Crippen molar-refractivity contribution in [1.29, 1.82) is 0 Å². The molecule has 0 bridgehead atoms. The lowest BCUT2D eigenvalue weighted by atomic mass is 9.98. The Balaban J connectivity index is 1.73. The molecule has 0 saturated carbocycles. The van der Waals surface area contributed by atoms with Crippen molar-refractivity contribution in [3.8, 4) is 0 Å². The van der Waals surface area contributed by atoms with Gasteiger partial charge in [0.1, 0.15) is 22.8 Å². The van der Waals surface area contributed by atoms with E-state index in [-0.39, 0.29) is 5.70 Å². The first kappa shape index (κ1) is 19.4. The Morgan fingerprint density at radius 1 is 1.21 bits per heavy atom. The molecular weight excluding hydrogens is 396 g/mol. The van der Waals surface area contributed by atoms with Crippen LogP contribution in [0.2, 0.25) is 0 Å². The summed E-state index contributed by atoms with van der Waals surface area (Å²) in [4.78, 5) is 52.4. The van der Waals surface area contributed by atoms with Crippen LogP contribution in [-0.4, -0.2) is 60.5 Å². The number of hydrogen-bond acceptors (Lipinski definition) is 6. The molecule has 3 aliphatic heterocycles. The highest BCUT2D eigenvalue weighted by atomic mass is 32.2. The number of carboxylic acids is 1. The van der Waals surface area contributed by atoms with Gasteiger partial charge in [0.25, 0.3) is 11.8 Å². The molecule has 2 saturated heterocycles. The number of carbonyl (C=O) groups excluding carboxylic acids is 2. The van der Waals surface area contributed by atoms with E-state index in [4.69, 9.17) is 0 Å². The number of nitrogens with zero attached hydrogens (tertiary/aromatic N) is 4. The number of thioether (sulfide) groups is 1. The van der Waals surface area contributed by atoms with Gasteiger partial charge in [0.15, 0.2) is 6.04 Å². The monoisotopic (exact) mass is 416 g/mol. The van der Waals surface area contributed by atoms with Crippen molar-refractivity contribution in [2.75, 3.05) is 5.75 Å². The number of nitroso groups, excluding NO2 is 1. The maximum atomic E-state index is 13.4. The van der Waals surface area contributed by atoms with Gasteiger partial charge in [-0.25, -0.2) is 9.80 Å². The van der Waals surface area contributed by atoms with Crippen molar-refractivity contribution >= 4 is 29.5 Å². The third kappa shape index (κ3) is 2.58. The normalized spacial score (nSPS) is 28.4. The Bertz CT molecular complexity index is 947. The van der Waals surface area contributed by atoms with E-state index >= 15 is 0 Å². The Morgan fingerprint density at radius 3 is 2.45 bits per heavy atom. The number of benzene rings is 1. The Kier molecular flexibility index (Phi) is 4.41. The van der Waals surface area contributed by atoms with Crippen LogP contribution in [0.4, 0.5) is 0 Å². The van der Waals surface area contributed by atoms with Crippen LogP contribution < -0.4 is 0 Å². The summed E-state index contributed by atoms with van der Waals surface area (Å²) >= 11 is 1.41. The first-order valence-corrected chi connectivity index (χ1v) is 10.1. The molecule has 4 rings (SSSR count). The Morgan fingerprint density at radius 2 is 1.86 bits per heavy atom. The number of rotatable bonds is 4. The molecule has 29 heavy (non-hydrogen) atoms. The molecule has 0 spiro atoms. The minimum atomic E-state index is -1.16. The van der Waals surface area contributed by atoms with Crippen LogP contribution in [0.1, 0.15) is 32.4 Å². The van der Waals surface area contributed by atoms with Gasteiger partial charge in [-0.05, 0) is 31.9 Å². The van der Waals surface area contributed by atoms with E-state index in [1.807, 2.05) is 0 Å². The van der Waals surface area contributed by atoms with Crippen molar-refractivity contribution in [3.05, 3.63) is 52.1 Å². The summed E-state index contributed by atoms with van der Waals surface area (Å²) in [6.45, 7) is 5.01. The zero-order valence-electron chi connectivity index (χ0n) is 16.1. The van der Waals surface area contributed by atoms with E-state index in [0.29, 0.717) is 16.9 Å². The summed E-state index contributed by atoms with van der Waals surface area (Å²) in [5, 5.41) is 13.3. The first-order valence-electron chi connectivity index (χ1n) is 9.10. The van der Waals surface area contributed by atoms with Crippen molar-refractivity contribution in [3.63, 3.8) is 0 Å². The molecule has 3 atom stereocenters. The van der Waals surface area contributed by atoms with Crippen LogP contribution in [0.5, 0.6) is 0 Å². The molecule has 1 aromatic rings. The van der Waals surface area contributed by atoms with E-state index < -0.39 is 40.9 Å². The predicted octanol–water partition coefficient (Wildman–Crippen LogP) is 1.93. The Hall–Kier alpha value is -2.88. The largest absolute Gasteiger partial charge is 0.477 e. The molecule has 0 aromatic heterocycles. The molecule has 2 unspecified atom stereocenters. The quantitative estimate of drug-likeness (QED) is 0.590. The molecule has 1 aromatic carbocycles. The molecule has 1 N–H and O–H groups in total. The third-order valence-electron chi connectivity index (χ3n) is 5.68. The summed E-state index contributed by atoms with van der Waals surface area (Å²) in [5.41, 5.74) is 0.0428. The number of carboxylic acid groups (broad SMARTS) is 1. The van der Waals surface area contributed by atoms with E-state index in [2.05, 4.69) is 5.29 Å². The van der Waals surface area contributed by atoms with Crippen molar-refractivity contribution < 1.29 is 19.5 Å². The van der Waals surface area contributed by atoms with Crippen LogP contribution in [0.3, 0.4) is 0 Å². The van der Waals surface area contributed by atoms with E-state index in [9.17, 15) is 24.4 Å². The van der Waals surface area contributed by atoms with Gasteiger partial charge in [-0.2, -0.15) is 0 Å². The molecule has 0 aliphatic carbocycles. The van der Waals surface area contributed by atoms with Gasteiger partial charge >= 0.3 is 5.97 Å². The van der Waals surface area contributed by atoms with Gasteiger partial charge in [0.2, 0.25) is 0 Å². The van der Waals surface area contributed by atoms with Crippen molar-refractivity contribution in [1.82, 2.24) is 14.8 Å². The van der Waals surface area contributed by atoms with Gasteiger partial charge in [-0.1, -0.05) is 30.3 Å². The van der Waals surface area contributed by atoms with Crippen LogP contribution >= 0.6 is 11.8 Å². The summed E-state index contributed by atoms with van der Waals surface area (Å²) in [5.74, 6) is -1.57. The number of fused-ring (bicyclic) bond motifs is 1. The zero-order chi connectivity index (χ0) is 21.1. The second-order valence-corrected chi connectivity index (χ2v) is 8.84. The fourth-order valence-electron chi connectivity index (χ4n) is 4.34. The lowest BCUT2D eigenvalue weighted by Gasteiger charge is -2.54. The minimum absolute atomic E-state index is 0.0237. The van der Waals surface area contributed by atoms with E-state index in [0.717, 1.165) is 0 Å². The van der Waals surface area contributed by atoms with Gasteiger partial charge in [0.05, 0.1) is 5.29 Å². The minimum Gasteiger partial charge on any atom is -0.477 e. The van der Waals surface area contributed by atoms with Crippen molar-refractivity contribution in [2.24, 2.45) is 5.29 Å². The Labute approximate surface area is 171 Å². The van der Waals surface area contributed by atoms with Crippen LogP contribution in [0.15, 0.2) is 46.9 Å². The average Bonchev–Trinajstić information content (AvgIpc) is 2.88. The second-order valence-electron chi connectivity index (χ2n) is 7.73. The van der Waals surface area contributed by atoms with Gasteiger partial charge < -0.3 is 10.0 Å². The third-order valence-corrected chi connectivity index (χ3v) is 7.09. The fourth-order valence-corrected chi connectivity index (χ4v) is 5.67. The number of amides is 2. The zero-order valence-corrected chi connectivity index (χ0v) is 16.9. The number of aliphatic carboxylic acids is 1. The molecule has 2 fully saturated rings. The lowest BCUT2D eigenvalue weighted by molar-refractivity contribution is -0.164. The standard InChI is InChI=1S/C19H20N4O5S/c1-10-9-29-17-14(15(24)21(17)12(10)18(26)27)22-16(25)13(11-7-5-4-6-8-11)23(20-28)19(22,2)3/h4-8,13-14,17H,9H2,1-3H3,(H,26,27)/t13?,14?,17-/m0/s1. The summed E-state index contributed by atoms with van der Waals surface area (Å²) in [6.07, 6.45) is 0. The highest BCUT2D eigenvalue weighted by Crippen LogP contribution is 2.49. The summed E-state index contributed by atoms with van der Waals surface area (Å²) < 4.78 is 0. The second kappa shape index (κ2) is 6.58. The average molecular weight is 416 g/mol. The maximum absolute atomic E-state index is 13.4. The molecular formula is C19H20N4O5S. The smallest absolute Gasteiger partial charge is 0.352 e. The van der Waals surface area contributed by atoms with Crippen LogP contribution in [0.25, 0.3) is 0 Å². The van der Waals surface area contributed by atoms with Gasteiger partial charge in [-0.15, -0.1) is 16.7 Å². The molecule has 10 heteroatoms. The van der Waals surface area contributed by atoms with E-state index in [1.54, 1.807) is 51.1 Å². The molecule has 152 valence electrons. The molecule has 0 radical (unpaired) electrons. The number of β-lactam (4-membered cyclic amide) rings is 1. The SMILES string of the molecule is CC1=C(C(=O)O)N2C(=O)C(N3C(=O)C(c4ccccc4)N(N=O)C3(C)C)[C@@H]2SC1. The number of hydrogen-bond donors (Lipinski definition) is 1. The fraction of sp³-hybridized carbons (Fsp3) is 0.421. The highest BCUT2D eigenvalue weighted by molar-refractivity contribution is 8.00. The maximum Gasteiger partial charge on any atom is 0.352 e. The predicted molar refractivity (Wildman–Crippen MR) is 105 cm³/mol. The van der Waals surface area contributed by atoms with Gasteiger partial charge in [-0.3, -0.25) is 14.5 Å². The highest BCUT2D eigenvalue weighted by Gasteiger charge is 2.64. The van der Waals surface area contributed by atoms with Crippen LogP contribution in [-0.2, 0) is 14.4 Å².